The molecule has 28 heavy (non-hydrogen) atoms. The summed E-state index contributed by atoms with van der Waals surface area (Å²) in [5.74, 6) is 1.03. The minimum atomic E-state index is -0.212. The van der Waals surface area contributed by atoms with Gasteiger partial charge < -0.3 is 5.32 Å². The number of nitrogens with zero attached hydrogens (tertiary/aromatic N) is 4. The Labute approximate surface area is 169 Å². The molecule has 3 rings (SSSR count). The van der Waals surface area contributed by atoms with Crippen molar-refractivity contribution < 1.29 is 4.79 Å². The first-order chi connectivity index (χ1) is 13.5. The van der Waals surface area contributed by atoms with E-state index in [9.17, 15) is 4.79 Å². The second-order valence-corrected chi connectivity index (χ2v) is 8.14. The first-order valence-corrected chi connectivity index (χ1v) is 10.3. The van der Waals surface area contributed by atoms with Crippen LogP contribution in [0.25, 0.3) is 11.4 Å². The molecule has 1 amide bonds. The van der Waals surface area contributed by atoms with Gasteiger partial charge in [-0.25, -0.2) is 0 Å². The zero-order valence-electron chi connectivity index (χ0n) is 16.4. The third kappa shape index (κ3) is 5.19. The second kappa shape index (κ2) is 9.01. The van der Waals surface area contributed by atoms with Crippen LogP contribution >= 0.6 is 11.8 Å². The molecule has 0 bridgehead atoms. The van der Waals surface area contributed by atoms with Gasteiger partial charge in [0, 0.05) is 23.5 Å². The highest BCUT2D eigenvalue weighted by Gasteiger charge is 2.20. The standard InChI is InChI=1S/C21H25N5OS/c1-4-21(2,3)23-18(27)15-28-20-25-24-19(17-11-8-12-22-13-17)26(20)14-16-9-6-5-7-10-16/h5-13H,4,14-15H2,1-3H3,(H,23,27). The maximum absolute atomic E-state index is 12.3. The van der Waals surface area contributed by atoms with Crippen molar-refractivity contribution in [2.24, 2.45) is 0 Å². The average molecular weight is 396 g/mol. The minimum absolute atomic E-state index is 0.00552. The van der Waals surface area contributed by atoms with Gasteiger partial charge in [0.2, 0.25) is 5.91 Å². The van der Waals surface area contributed by atoms with Crippen LogP contribution in [0.15, 0.2) is 60.0 Å². The van der Waals surface area contributed by atoms with Gasteiger partial charge in [-0.15, -0.1) is 10.2 Å². The Bertz CT molecular complexity index is 909. The van der Waals surface area contributed by atoms with Gasteiger partial charge in [0.1, 0.15) is 0 Å². The van der Waals surface area contributed by atoms with Crippen LogP contribution < -0.4 is 5.32 Å². The van der Waals surface area contributed by atoms with Crippen LogP contribution in [0.1, 0.15) is 32.8 Å². The maximum Gasteiger partial charge on any atom is 0.230 e. The van der Waals surface area contributed by atoms with Crippen molar-refractivity contribution in [3.8, 4) is 11.4 Å². The molecule has 0 aliphatic heterocycles. The van der Waals surface area contributed by atoms with Crippen LogP contribution in [-0.2, 0) is 11.3 Å². The van der Waals surface area contributed by atoms with Crippen molar-refractivity contribution in [1.82, 2.24) is 25.1 Å². The topological polar surface area (TPSA) is 72.7 Å². The summed E-state index contributed by atoms with van der Waals surface area (Å²) in [6, 6.07) is 14.0. The highest BCUT2D eigenvalue weighted by atomic mass is 32.2. The van der Waals surface area contributed by atoms with Crippen molar-refractivity contribution in [2.75, 3.05) is 5.75 Å². The van der Waals surface area contributed by atoms with E-state index in [-0.39, 0.29) is 11.4 Å². The van der Waals surface area contributed by atoms with Crippen molar-refractivity contribution >= 4 is 17.7 Å². The molecule has 3 aromatic rings. The monoisotopic (exact) mass is 395 g/mol. The number of amides is 1. The van der Waals surface area contributed by atoms with Crippen LogP contribution in [0.3, 0.4) is 0 Å². The smallest absolute Gasteiger partial charge is 0.230 e. The fourth-order valence-corrected chi connectivity index (χ4v) is 3.38. The number of carbonyl (C=O) groups excluding carboxylic acids is 1. The molecule has 0 atom stereocenters. The van der Waals surface area contributed by atoms with Gasteiger partial charge in [-0.3, -0.25) is 14.3 Å². The van der Waals surface area contributed by atoms with Gasteiger partial charge in [0.15, 0.2) is 11.0 Å². The third-order valence-corrected chi connectivity index (χ3v) is 5.48. The molecule has 0 aliphatic carbocycles. The molecule has 0 unspecified atom stereocenters. The zero-order valence-corrected chi connectivity index (χ0v) is 17.2. The molecule has 7 heteroatoms. The zero-order chi connectivity index (χ0) is 20.0. The van der Waals surface area contributed by atoms with Crippen molar-refractivity contribution in [3.05, 3.63) is 60.4 Å². The average Bonchev–Trinajstić information content (AvgIpc) is 3.10. The highest BCUT2D eigenvalue weighted by molar-refractivity contribution is 7.99. The lowest BCUT2D eigenvalue weighted by Gasteiger charge is -2.24. The molecule has 0 saturated carbocycles. The summed E-state index contributed by atoms with van der Waals surface area (Å²) in [5.41, 5.74) is 1.83. The molecule has 0 radical (unpaired) electrons. The van der Waals surface area contributed by atoms with E-state index in [1.165, 1.54) is 11.8 Å². The third-order valence-electron chi connectivity index (χ3n) is 4.51. The van der Waals surface area contributed by atoms with Gasteiger partial charge in [-0.2, -0.15) is 0 Å². The first-order valence-electron chi connectivity index (χ1n) is 9.30. The molecule has 2 heterocycles. The number of aromatic nitrogens is 4. The van der Waals surface area contributed by atoms with E-state index in [1.54, 1.807) is 12.4 Å². The fourth-order valence-electron chi connectivity index (χ4n) is 2.64. The number of thioether (sulfide) groups is 1. The Balaban J connectivity index is 1.82. The molecule has 1 N–H and O–H groups in total. The number of rotatable bonds is 8. The molecule has 146 valence electrons. The Morgan fingerprint density at radius 1 is 1.14 bits per heavy atom. The van der Waals surface area contributed by atoms with Gasteiger partial charge in [-0.1, -0.05) is 49.0 Å². The molecule has 0 fully saturated rings. The molecule has 2 aromatic heterocycles. The lowest BCUT2D eigenvalue weighted by molar-refractivity contribution is -0.120. The van der Waals surface area contributed by atoms with Crippen LogP contribution in [-0.4, -0.2) is 36.9 Å². The fraction of sp³-hybridized carbons (Fsp3) is 0.333. The van der Waals surface area contributed by atoms with Crippen LogP contribution in [0.5, 0.6) is 0 Å². The lowest BCUT2D eigenvalue weighted by Crippen LogP contribution is -2.43. The number of carbonyl (C=O) groups is 1. The lowest BCUT2D eigenvalue weighted by atomic mass is 10.0. The van der Waals surface area contributed by atoms with E-state index in [2.05, 4.69) is 39.6 Å². The maximum atomic E-state index is 12.3. The van der Waals surface area contributed by atoms with E-state index in [1.807, 2.05) is 48.7 Å². The summed E-state index contributed by atoms with van der Waals surface area (Å²) in [7, 11) is 0. The first kappa shape index (κ1) is 20.1. The molecule has 0 spiro atoms. The SMILES string of the molecule is CCC(C)(C)NC(=O)CSc1nnc(-c2cccnc2)n1Cc1ccccc1. The number of hydrogen-bond acceptors (Lipinski definition) is 5. The summed E-state index contributed by atoms with van der Waals surface area (Å²) in [5, 5.41) is 12.5. The van der Waals surface area contributed by atoms with E-state index in [0.29, 0.717) is 17.5 Å². The van der Waals surface area contributed by atoms with Crippen molar-refractivity contribution in [3.63, 3.8) is 0 Å². The molecule has 6 nitrogen and oxygen atoms in total. The minimum Gasteiger partial charge on any atom is -0.351 e. The summed E-state index contributed by atoms with van der Waals surface area (Å²) >= 11 is 1.40. The van der Waals surface area contributed by atoms with Gasteiger partial charge in [0.05, 0.1) is 12.3 Å². The van der Waals surface area contributed by atoms with Crippen LogP contribution in [0.2, 0.25) is 0 Å². The molecule has 1 aromatic carbocycles. The van der Waals surface area contributed by atoms with Crippen LogP contribution in [0, 0.1) is 0 Å². The highest BCUT2D eigenvalue weighted by Crippen LogP contribution is 2.25. The summed E-state index contributed by atoms with van der Waals surface area (Å²) in [6.45, 7) is 6.73. The molecule has 0 saturated heterocycles. The van der Waals surface area contributed by atoms with Crippen LogP contribution in [0.4, 0.5) is 0 Å². The quantitative estimate of drug-likeness (QED) is 0.588. The number of hydrogen-bond donors (Lipinski definition) is 1. The predicted octanol–water partition coefficient (Wildman–Crippen LogP) is 3.79. The Morgan fingerprint density at radius 3 is 2.61 bits per heavy atom. The number of pyridine rings is 1. The summed E-state index contributed by atoms with van der Waals surface area (Å²) in [6.07, 6.45) is 4.38. The summed E-state index contributed by atoms with van der Waals surface area (Å²) in [4.78, 5) is 16.5. The van der Waals surface area contributed by atoms with Crippen molar-refractivity contribution in [1.29, 1.82) is 0 Å². The largest absolute Gasteiger partial charge is 0.351 e. The summed E-state index contributed by atoms with van der Waals surface area (Å²) < 4.78 is 2.04. The van der Waals surface area contributed by atoms with Gasteiger partial charge in [-0.05, 0) is 38.0 Å². The Kier molecular flexibility index (Phi) is 6.46. The van der Waals surface area contributed by atoms with Crippen molar-refractivity contribution in [2.45, 2.75) is 44.4 Å². The number of benzene rings is 1. The van der Waals surface area contributed by atoms with E-state index in [0.717, 1.165) is 23.4 Å². The van der Waals surface area contributed by atoms with E-state index >= 15 is 0 Å². The molecule has 0 aliphatic rings. The van der Waals surface area contributed by atoms with Gasteiger partial charge in [0.25, 0.3) is 0 Å². The van der Waals surface area contributed by atoms with E-state index in [4.69, 9.17) is 0 Å². The Morgan fingerprint density at radius 2 is 1.93 bits per heavy atom. The molecular formula is C21H25N5OS. The predicted molar refractivity (Wildman–Crippen MR) is 112 cm³/mol. The van der Waals surface area contributed by atoms with Gasteiger partial charge >= 0.3 is 0 Å². The normalized spacial score (nSPS) is 11.4. The number of nitrogens with one attached hydrogen (secondary N) is 1. The molecular weight excluding hydrogens is 370 g/mol. The van der Waals surface area contributed by atoms with E-state index < -0.39 is 0 Å². The second-order valence-electron chi connectivity index (χ2n) is 7.19. The Hall–Kier alpha value is -2.67.